The summed E-state index contributed by atoms with van der Waals surface area (Å²) in [5.41, 5.74) is 0. The maximum Gasteiger partial charge on any atom is 0.171 e. The average Bonchev–Trinajstić information content (AvgIpc) is 2.14. The van der Waals surface area contributed by atoms with Gasteiger partial charge in [0.05, 0.1) is 7.11 Å². The van der Waals surface area contributed by atoms with Crippen LogP contribution in [-0.4, -0.2) is 38.9 Å². The maximum absolute atomic E-state index is 6.26. The van der Waals surface area contributed by atoms with Crippen molar-refractivity contribution in [2.45, 2.75) is 64.4 Å². The molecule has 1 aliphatic rings. The summed E-state index contributed by atoms with van der Waals surface area (Å²) in [6.07, 6.45) is 2.48. The SMILES string of the molecule is C=CC[SiH3].CC1C[Si](C)(C)[Si](C)(C)[Si](C)(C)O1. The van der Waals surface area contributed by atoms with Crippen LogP contribution in [0.5, 0.6) is 0 Å². The van der Waals surface area contributed by atoms with Gasteiger partial charge in [-0.05, 0) is 32.1 Å². The zero-order valence-electron chi connectivity index (χ0n) is 13.2. The maximum atomic E-state index is 6.26. The van der Waals surface area contributed by atoms with Crippen molar-refractivity contribution in [1.29, 1.82) is 0 Å². The van der Waals surface area contributed by atoms with Crippen LogP contribution < -0.4 is 0 Å². The third-order valence-corrected chi connectivity index (χ3v) is 46.0. The summed E-state index contributed by atoms with van der Waals surface area (Å²) >= 11 is 0. The summed E-state index contributed by atoms with van der Waals surface area (Å²) in [4.78, 5) is 0. The molecule has 1 aliphatic heterocycles. The third kappa shape index (κ3) is 4.02. The lowest BCUT2D eigenvalue weighted by Crippen LogP contribution is -2.75. The first-order valence-corrected chi connectivity index (χ1v) is 19.3. The van der Waals surface area contributed by atoms with E-state index in [-0.39, 0.29) is 0 Å². The van der Waals surface area contributed by atoms with Crippen LogP contribution in [0.15, 0.2) is 12.7 Å². The largest absolute Gasteiger partial charge is 0.418 e. The molecule has 0 aromatic rings. The molecule has 0 amide bonds. The van der Waals surface area contributed by atoms with Gasteiger partial charge >= 0.3 is 0 Å². The van der Waals surface area contributed by atoms with Gasteiger partial charge in [0, 0.05) is 23.9 Å². The second-order valence-electron chi connectivity index (χ2n) is 6.85. The zero-order chi connectivity index (χ0) is 13.9. The summed E-state index contributed by atoms with van der Waals surface area (Å²) in [7, 11) is -2.02. The zero-order valence-corrected chi connectivity index (χ0v) is 18.2. The highest BCUT2D eigenvalue weighted by molar-refractivity contribution is 7.67. The first-order chi connectivity index (χ1) is 7.52. The summed E-state index contributed by atoms with van der Waals surface area (Å²) in [6.45, 7) is 21.0. The molecule has 1 heterocycles. The van der Waals surface area contributed by atoms with Crippen molar-refractivity contribution in [3.63, 3.8) is 0 Å². The van der Waals surface area contributed by atoms with Crippen molar-refractivity contribution in [3.05, 3.63) is 12.7 Å². The normalized spacial score (nSPS) is 29.0. The van der Waals surface area contributed by atoms with Crippen LogP contribution >= 0.6 is 0 Å². The summed E-state index contributed by atoms with van der Waals surface area (Å²) in [5.74, 6) is 0. The van der Waals surface area contributed by atoms with E-state index >= 15 is 0 Å². The Morgan fingerprint density at radius 2 is 1.65 bits per heavy atom. The van der Waals surface area contributed by atoms with E-state index in [0.29, 0.717) is 6.10 Å². The van der Waals surface area contributed by atoms with Gasteiger partial charge in [-0.1, -0.05) is 32.3 Å². The minimum absolute atomic E-state index is 0.545. The topological polar surface area (TPSA) is 9.23 Å². The van der Waals surface area contributed by atoms with Crippen molar-refractivity contribution in [2.75, 3.05) is 0 Å². The lowest BCUT2D eigenvalue weighted by atomic mass is 10.5. The van der Waals surface area contributed by atoms with Crippen LogP contribution in [0.1, 0.15) is 6.92 Å². The molecule has 0 aromatic heterocycles. The Bertz CT molecular complexity index is 241. The average molecular weight is 305 g/mol. The standard InChI is InChI=1S/C9H24OSi3.C3H8Si/c1-9-8-11(2,3)13(6,7)12(4,5)10-9;1-2-3-4/h9H,8H2,1-7H3;2H,1,3H2,4H3. The molecule has 0 saturated carbocycles. The van der Waals surface area contributed by atoms with Gasteiger partial charge in [-0.2, -0.15) is 0 Å². The molecule has 1 nitrogen and oxygen atoms in total. The van der Waals surface area contributed by atoms with Crippen molar-refractivity contribution < 1.29 is 4.43 Å². The number of rotatable bonds is 1. The Morgan fingerprint density at radius 3 is 1.94 bits per heavy atom. The first kappa shape index (κ1) is 17.6. The Hall–Kier alpha value is 0.568. The predicted molar refractivity (Wildman–Crippen MR) is 92.7 cm³/mol. The van der Waals surface area contributed by atoms with E-state index in [2.05, 4.69) is 52.8 Å². The molecule has 1 fully saturated rings. The van der Waals surface area contributed by atoms with Gasteiger partial charge in [0.2, 0.25) is 0 Å². The molecule has 1 unspecified atom stereocenters. The number of hydrogen-bond donors (Lipinski definition) is 0. The van der Waals surface area contributed by atoms with Crippen molar-refractivity contribution >= 4 is 32.8 Å². The number of allylic oxidation sites excluding steroid dienone is 1. The molecular formula is C12H32OSi4. The molecule has 102 valence electrons. The van der Waals surface area contributed by atoms with Gasteiger partial charge in [-0.15, -0.1) is 6.58 Å². The lowest BCUT2D eigenvalue weighted by Gasteiger charge is -2.54. The van der Waals surface area contributed by atoms with Gasteiger partial charge < -0.3 is 4.43 Å². The van der Waals surface area contributed by atoms with Crippen molar-refractivity contribution in [3.8, 4) is 0 Å². The molecule has 0 radical (unpaired) electrons. The Balaban J connectivity index is 0.000000557. The van der Waals surface area contributed by atoms with Crippen LogP contribution in [0.3, 0.4) is 0 Å². The molecule has 0 aliphatic carbocycles. The molecule has 0 aromatic carbocycles. The molecule has 17 heavy (non-hydrogen) atoms. The molecular weight excluding hydrogens is 272 g/mol. The Kier molecular flexibility index (Phi) is 6.35. The highest BCUT2D eigenvalue weighted by atomic mass is 29.6. The van der Waals surface area contributed by atoms with E-state index < -0.39 is 22.5 Å². The van der Waals surface area contributed by atoms with Crippen LogP contribution in [0, 0.1) is 0 Å². The lowest BCUT2D eigenvalue weighted by molar-refractivity contribution is 0.235. The second-order valence-corrected chi connectivity index (χ2v) is 35.0. The van der Waals surface area contributed by atoms with E-state index in [1.54, 1.807) is 0 Å². The van der Waals surface area contributed by atoms with Gasteiger partial charge in [-0.3, -0.25) is 0 Å². The van der Waals surface area contributed by atoms with E-state index in [1.165, 1.54) is 22.3 Å². The minimum Gasteiger partial charge on any atom is -0.418 e. The summed E-state index contributed by atoms with van der Waals surface area (Å²) < 4.78 is 6.26. The number of hydrogen-bond acceptors (Lipinski definition) is 1. The van der Waals surface area contributed by atoms with Gasteiger partial charge in [0.15, 0.2) is 7.83 Å². The fourth-order valence-electron chi connectivity index (χ4n) is 2.48. The van der Waals surface area contributed by atoms with Crippen LogP contribution in [0.4, 0.5) is 0 Å². The van der Waals surface area contributed by atoms with Crippen LogP contribution in [0.2, 0.25) is 51.4 Å². The Labute approximate surface area is 114 Å². The molecule has 0 bridgehead atoms. The molecule has 1 saturated heterocycles. The highest BCUT2D eigenvalue weighted by Gasteiger charge is 2.57. The fourth-order valence-corrected chi connectivity index (χ4v) is 32.6. The first-order valence-electron chi connectivity index (χ1n) is 6.80. The van der Waals surface area contributed by atoms with Crippen molar-refractivity contribution in [2.24, 2.45) is 0 Å². The molecule has 5 heteroatoms. The van der Waals surface area contributed by atoms with E-state index in [9.17, 15) is 0 Å². The summed E-state index contributed by atoms with van der Waals surface area (Å²) in [5, 5.41) is 0. The fraction of sp³-hybridized carbons (Fsp3) is 0.833. The van der Waals surface area contributed by atoms with Gasteiger partial charge in [0.1, 0.15) is 0 Å². The predicted octanol–water partition coefficient (Wildman–Crippen LogP) is 3.14. The smallest absolute Gasteiger partial charge is 0.171 e. The minimum atomic E-state index is -1.32. The van der Waals surface area contributed by atoms with Crippen LogP contribution in [-0.2, 0) is 4.43 Å². The molecule has 1 rings (SSSR count). The van der Waals surface area contributed by atoms with Gasteiger partial charge in [0.25, 0.3) is 0 Å². The van der Waals surface area contributed by atoms with E-state index in [1.807, 2.05) is 6.08 Å². The monoisotopic (exact) mass is 304 g/mol. The van der Waals surface area contributed by atoms with Crippen molar-refractivity contribution in [1.82, 2.24) is 0 Å². The molecule has 1 atom stereocenters. The van der Waals surface area contributed by atoms with Crippen LogP contribution in [0.25, 0.3) is 0 Å². The third-order valence-electron chi connectivity index (χ3n) is 4.78. The summed E-state index contributed by atoms with van der Waals surface area (Å²) in [6, 6.07) is 2.61. The quantitative estimate of drug-likeness (QED) is 0.534. The van der Waals surface area contributed by atoms with E-state index in [0.717, 1.165) is 0 Å². The van der Waals surface area contributed by atoms with E-state index in [4.69, 9.17) is 4.43 Å². The van der Waals surface area contributed by atoms with Gasteiger partial charge in [-0.25, -0.2) is 0 Å². The Morgan fingerprint density at radius 1 is 1.24 bits per heavy atom. The highest BCUT2D eigenvalue weighted by Crippen LogP contribution is 2.38. The molecule has 0 spiro atoms. The second kappa shape index (κ2) is 6.14. The molecule has 0 N–H and O–H groups in total.